The number of H-pyrrole nitrogens is 2. The number of imidazole rings is 1. The van der Waals surface area contributed by atoms with Gasteiger partial charge in [-0.3, -0.25) is 9.36 Å². The highest BCUT2D eigenvalue weighted by Gasteiger charge is 2.06. The van der Waals surface area contributed by atoms with E-state index in [1.54, 1.807) is 10.6 Å². The highest BCUT2D eigenvalue weighted by Crippen LogP contribution is 2.15. The van der Waals surface area contributed by atoms with Crippen molar-refractivity contribution in [1.29, 1.82) is 0 Å². The predicted octanol–water partition coefficient (Wildman–Crippen LogP) is 2.55. The first-order chi connectivity index (χ1) is 11.7. The van der Waals surface area contributed by atoms with Crippen molar-refractivity contribution in [2.24, 2.45) is 0 Å². The first-order valence-corrected chi connectivity index (χ1v) is 9.06. The van der Waals surface area contributed by atoms with Gasteiger partial charge in [0.2, 0.25) is 0 Å². The van der Waals surface area contributed by atoms with Crippen LogP contribution in [0.4, 0.5) is 0 Å². The second-order valence-corrected chi connectivity index (χ2v) is 6.68. The summed E-state index contributed by atoms with van der Waals surface area (Å²) in [7, 11) is 0. The standard InChI is InChI=1S/C17H20N4O2S/c1-2-6-12-11-15(22)20-16(18-12)24-10-5-9-21-14-8-4-3-7-13(14)19-17(21)23/h3-4,7-8,11H,2,5-6,9-10H2,1H3,(H,19,23)(H,18,20,22). The van der Waals surface area contributed by atoms with Crippen LogP contribution < -0.4 is 11.2 Å². The van der Waals surface area contributed by atoms with Gasteiger partial charge in [-0.25, -0.2) is 9.78 Å². The number of fused-ring (bicyclic) bond motifs is 1. The summed E-state index contributed by atoms with van der Waals surface area (Å²) in [5, 5.41) is 0.650. The Hall–Kier alpha value is -2.28. The molecular formula is C17H20N4O2S. The molecule has 24 heavy (non-hydrogen) atoms. The highest BCUT2D eigenvalue weighted by molar-refractivity contribution is 7.99. The fourth-order valence-electron chi connectivity index (χ4n) is 2.66. The van der Waals surface area contributed by atoms with Gasteiger partial charge < -0.3 is 9.97 Å². The second kappa shape index (κ2) is 7.53. The fourth-order valence-corrected chi connectivity index (χ4v) is 3.48. The van der Waals surface area contributed by atoms with Crippen molar-refractivity contribution in [3.8, 4) is 0 Å². The monoisotopic (exact) mass is 344 g/mol. The third-order valence-corrected chi connectivity index (χ3v) is 4.69. The Morgan fingerprint density at radius 3 is 2.88 bits per heavy atom. The van der Waals surface area contributed by atoms with Gasteiger partial charge in [0, 0.05) is 24.1 Å². The largest absolute Gasteiger partial charge is 0.326 e. The topological polar surface area (TPSA) is 83.5 Å². The Kier molecular flexibility index (Phi) is 5.20. The normalized spacial score (nSPS) is 11.2. The van der Waals surface area contributed by atoms with E-state index in [9.17, 15) is 9.59 Å². The molecule has 0 unspecified atom stereocenters. The van der Waals surface area contributed by atoms with Crippen LogP contribution in [0.1, 0.15) is 25.5 Å². The summed E-state index contributed by atoms with van der Waals surface area (Å²) in [6, 6.07) is 9.22. The van der Waals surface area contributed by atoms with E-state index >= 15 is 0 Å². The van der Waals surface area contributed by atoms with E-state index in [1.807, 2.05) is 24.3 Å². The van der Waals surface area contributed by atoms with E-state index in [1.165, 1.54) is 11.8 Å². The van der Waals surface area contributed by atoms with E-state index < -0.39 is 0 Å². The summed E-state index contributed by atoms with van der Waals surface area (Å²) < 4.78 is 1.75. The molecule has 0 aliphatic rings. The van der Waals surface area contributed by atoms with E-state index in [4.69, 9.17) is 0 Å². The molecule has 0 saturated carbocycles. The van der Waals surface area contributed by atoms with Crippen molar-refractivity contribution >= 4 is 22.8 Å². The van der Waals surface area contributed by atoms with Crippen LogP contribution >= 0.6 is 11.8 Å². The van der Waals surface area contributed by atoms with Gasteiger partial charge in [0.05, 0.1) is 11.0 Å². The van der Waals surface area contributed by atoms with Crippen LogP contribution in [0, 0.1) is 0 Å². The van der Waals surface area contributed by atoms with E-state index in [2.05, 4.69) is 21.9 Å². The van der Waals surface area contributed by atoms with Crippen molar-refractivity contribution in [3.05, 3.63) is 56.9 Å². The van der Waals surface area contributed by atoms with Gasteiger partial charge in [-0.05, 0) is 25.0 Å². The Morgan fingerprint density at radius 1 is 1.21 bits per heavy atom. The van der Waals surface area contributed by atoms with Gasteiger partial charge in [-0.15, -0.1) is 0 Å². The number of rotatable bonds is 7. The van der Waals surface area contributed by atoms with Crippen molar-refractivity contribution in [2.45, 2.75) is 37.9 Å². The predicted molar refractivity (Wildman–Crippen MR) is 96.8 cm³/mol. The van der Waals surface area contributed by atoms with Gasteiger partial charge in [0.1, 0.15) is 0 Å². The third-order valence-electron chi connectivity index (χ3n) is 3.73. The highest BCUT2D eigenvalue weighted by atomic mass is 32.2. The minimum atomic E-state index is -0.108. The van der Waals surface area contributed by atoms with Crippen LogP contribution in [-0.4, -0.2) is 25.3 Å². The third kappa shape index (κ3) is 3.79. The molecule has 7 heteroatoms. The van der Waals surface area contributed by atoms with Crippen molar-refractivity contribution in [1.82, 2.24) is 19.5 Å². The molecule has 0 bridgehead atoms. The number of aryl methyl sites for hydroxylation is 2. The molecule has 0 fully saturated rings. The second-order valence-electron chi connectivity index (χ2n) is 5.59. The molecule has 2 N–H and O–H groups in total. The molecule has 0 atom stereocenters. The lowest BCUT2D eigenvalue weighted by molar-refractivity contribution is 0.678. The van der Waals surface area contributed by atoms with Gasteiger partial charge in [-0.1, -0.05) is 37.2 Å². The maximum absolute atomic E-state index is 12.0. The van der Waals surface area contributed by atoms with Crippen LogP contribution in [0.2, 0.25) is 0 Å². The quantitative estimate of drug-likeness (QED) is 0.392. The number of thioether (sulfide) groups is 1. The van der Waals surface area contributed by atoms with Gasteiger partial charge in [0.15, 0.2) is 5.16 Å². The maximum atomic E-state index is 12.0. The number of hydrogen-bond donors (Lipinski definition) is 2. The number of nitrogens with one attached hydrogen (secondary N) is 2. The molecule has 0 amide bonds. The average Bonchev–Trinajstić information content (AvgIpc) is 2.87. The van der Waals surface area contributed by atoms with Crippen molar-refractivity contribution in [2.75, 3.05) is 5.75 Å². The van der Waals surface area contributed by atoms with Crippen molar-refractivity contribution in [3.63, 3.8) is 0 Å². The number of aromatic nitrogens is 4. The van der Waals surface area contributed by atoms with Gasteiger partial charge in [0.25, 0.3) is 5.56 Å². The van der Waals surface area contributed by atoms with Crippen LogP contribution in [0.15, 0.2) is 45.1 Å². The lowest BCUT2D eigenvalue weighted by Gasteiger charge is -2.05. The van der Waals surface area contributed by atoms with E-state index in [-0.39, 0.29) is 11.2 Å². The summed E-state index contributed by atoms with van der Waals surface area (Å²) >= 11 is 1.52. The summed E-state index contributed by atoms with van der Waals surface area (Å²) in [5.41, 5.74) is 2.41. The van der Waals surface area contributed by atoms with Gasteiger partial charge >= 0.3 is 5.69 Å². The van der Waals surface area contributed by atoms with Crippen LogP contribution in [0.5, 0.6) is 0 Å². The molecule has 126 valence electrons. The minimum Gasteiger partial charge on any atom is -0.306 e. The molecule has 1 aromatic carbocycles. The zero-order valence-electron chi connectivity index (χ0n) is 13.5. The number of nitrogens with zero attached hydrogens (tertiary/aromatic N) is 2. The minimum absolute atomic E-state index is 0.0855. The molecule has 0 radical (unpaired) electrons. The number of para-hydroxylation sites is 2. The molecule has 0 aliphatic carbocycles. The molecule has 2 heterocycles. The summed E-state index contributed by atoms with van der Waals surface area (Å²) in [4.78, 5) is 33.7. The number of benzene rings is 1. The van der Waals surface area contributed by atoms with Crippen LogP contribution in [-0.2, 0) is 13.0 Å². The van der Waals surface area contributed by atoms with E-state index in [0.717, 1.165) is 41.7 Å². The molecule has 0 saturated heterocycles. The molecule has 2 aromatic heterocycles. The summed E-state index contributed by atoms with van der Waals surface area (Å²) in [6.07, 6.45) is 2.58. The molecule has 3 aromatic rings. The first kappa shape index (κ1) is 16.6. The van der Waals surface area contributed by atoms with E-state index in [0.29, 0.717) is 11.7 Å². The first-order valence-electron chi connectivity index (χ1n) is 8.08. The summed E-state index contributed by atoms with van der Waals surface area (Å²) in [5.74, 6) is 0.782. The molecule has 0 aliphatic heterocycles. The lowest BCUT2D eigenvalue weighted by Crippen LogP contribution is -2.17. The maximum Gasteiger partial charge on any atom is 0.326 e. The zero-order valence-corrected chi connectivity index (χ0v) is 14.4. The van der Waals surface area contributed by atoms with Gasteiger partial charge in [-0.2, -0.15) is 0 Å². The Bertz CT molecular complexity index is 941. The molecule has 3 rings (SSSR count). The average molecular weight is 344 g/mol. The molecule has 6 nitrogen and oxygen atoms in total. The van der Waals surface area contributed by atoms with Crippen LogP contribution in [0.3, 0.4) is 0 Å². The van der Waals surface area contributed by atoms with Crippen LogP contribution in [0.25, 0.3) is 11.0 Å². The number of hydrogen-bond acceptors (Lipinski definition) is 4. The smallest absolute Gasteiger partial charge is 0.306 e. The number of aromatic amines is 2. The Labute approximate surface area is 143 Å². The Morgan fingerprint density at radius 2 is 2.04 bits per heavy atom. The summed E-state index contributed by atoms with van der Waals surface area (Å²) in [6.45, 7) is 2.70. The molecule has 0 spiro atoms. The SMILES string of the molecule is CCCc1cc(=O)[nH]c(SCCCn2c(=O)[nH]c3ccccc32)n1. The lowest BCUT2D eigenvalue weighted by atomic mass is 10.2. The fraction of sp³-hybridized carbons (Fsp3) is 0.353. The van der Waals surface area contributed by atoms with Crippen molar-refractivity contribution < 1.29 is 0 Å². The molecular weight excluding hydrogens is 324 g/mol. The Balaban J connectivity index is 1.62. The zero-order chi connectivity index (χ0) is 16.9.